The van der Waals surface area contributed by atoms with E-state index in [1.54, 1.807) is 31.2 Å². The summed E-state index contributed by atoms with van der Waals surface area (Å²) in [6.07, 6.45) is 1.97. The molecule has 1 N–H and O–H groups in total. The summed E-state index contributed by atoms with van der Waals surface area (Å²) < 4.78 is 27.7. The predicted molar refractivity (Wildman–Crippen MR) is 118 cm³/mol. The lowest BCUT2D eigenvalue weighted by Crippen LogP contribution is -2.31. The molecule has 0 fully saturated rings. The Morgan fingerprint density at radius 1 is 1.10 bits per heavy atom. The van der Waals surface area contributed by atoms with Crippen molar-refractivity contribution in [3.05, 3.63) is 75.8 Å². The lowest BCUT2D eigenvalue weighted by atomic mass is 10.00. The van der Waals surface area contributed by atoms with Crippen molar-refractivity contribution >= 4 is 32.4 Å². The summed E-state index contributed by atoms with van der Waals surface area (Å²) >= 11 is 5.92. The molecule has 0 atom stereocenters. The van der Waals surface area contributed by atoms with E-state index in [9.17, 15) is 8.42 Å². The minimum atomic E-state index is -3.60. The molecular weight excluding hydrogens is 406 g/mol. The second kappa shape index (κ2) is 8.30. The van der Waals surface area contributed by atoms with Crippen LogP contribution in [0.4, 0.5) is 0 Å². The molecule has 0 spiro atoms. The maximum absolute atomic E-state index is 12.6. The molecule has 5 nitrogen and oxygen atoms in total. The van der Waals surface area contributed by atoms with Crippen molar-refractivity contribution in [2.45, 2.75) is 26.3 Å². The summed E-state index contributed by atoms with van der Waals surface area (Å²) in [7, 11) is -3.60. The third kappa shape index (κ3) is 4.39. The predicted octanol–water partition coefficient (Wildman–Crippen LogP) is 3.85. The van der Waals surface area contributed by atoms with Crippen molar-refractivity contribution in [3.63, 3.8) is 0 Å². The van der Waals surface area contributed by atoms with Gasteiger partial charge in [0, 0.05) is 36.8 Å². The van der Waals surface area contributed by atoms with Crippen LogP contribution in [-0.2, 0) is 23.0 Å². The maximum Gasteiger partial charge on any atom is 0.264 e. The first kappa shape index (κ1) is 20.1. The average molecular weight is 430 g/mol. The first-order valence-corrected chi connectivity index (χ1v) is 11.6. The van der Waals surface area contributed by atoms with Crippen LogP contribution in [0.2, 0.25) is 5.02 Å². The van der Waals surface area contributed by atoms with Crippen LogP contribution < -0.4 is 4.72 Å². The molecule has 2 aromatic rings. The fraction of sp³-hybridized carbons (Fsp3) is 0.318. The Morgan fingerprint density at radius 3 is 2.59 bits per heavy atom. The molecule has 2 heterocycles. The van der Waals surface area contributed by atoms with Gasteiger partial charge in [-0.3, -0.25) is 14.6 Å². The number of sulfonamides is 1. The van der Waals surface area contributed by atoms with Crippen LogP contribution in [0, 0.1) is 0 Å². The van der Waals surface area contributed by atoms with E-state index < -0.39 is 10.0 Å². The van der Waals surface area contributed by atoms with Crippen molar-refractivity contribution in [1.82, 2.24) is 9.62 Å². The van der Waals surface area contributed by atoms with Crippen LogP contribution in [0.5, 0.6) is 0 Å². The van der Waals surface area contributed by atoms with Crippen molar-refractivity contribution in [1.29, 1.82) is 0 Å². The van der Waals surface area contributed by atoms with E-state index in [2.05, 4.69) is 38.9 Å². The van der Waals surface area contributed by atoms with Gasteiger partial charge in [0.1, 0.15) is 10.7 Å². The lowest BCUT2D eigenvalue weighted by Gasteiger charge is -2.28. The van der Waals surface area contributed by atoms with E-state index in [0.29, 0.717) is 28.5 Å². The highest BCUT2D eigenvalue weighted by molar-refractivity contribution is 8.00. The highest BCUT2D eigenvalue weighted by atomic mass is 35.5. The van der Waals surface area contributed by atoms with E-state index >= 15 is 0 Å². The molecule has 7 heteroatoms. The Labute approximate surface area is 177 Å². The number of amidine groups is 1. The number of halogens is 1. The van der Waals surface area contributed by atoms with Crippen LogP contribution >= 0.6 is 11.6 Å². The van der Waals surface area contributed by atoms with Crippen molar-refractivity contribution in [2.24, 2.45) is 4.99 Å². The highest BCUT2D eigenvalue weighted by Crippen LogP contribution is 2.30. The normalized spacial score (nSPS) is 20.0. The molecule has 0 aromatic heterocycles. The zero-order valence-corrected chi connectivity index (χ0v) is 17.9. The van der Waals surface area contributed by atoms with Crippen molar-refractivity contribution in [2.75, 3.05) is 19.6 Å². The Bertz CT molecular complexity index is 1080. The number of fused-ring (bicyclic) bond motifs is 1. The zero-order chi connectivity index (χ0) is 20.4. The molecule has 0 bridgehead atoms. The molecule has 2 aliphatic rings. The average Bonchev–Trinajstić information content (AvgIpc) is 2.94. The van der Waals surface area contributed by atoms with Gasteiger partial charge in [0.2, 0.25) is 0 Å². The Kier molecular flexibility index (Phi) is 5.76. The molecule has 0 amide bonds. The monoisotopic (exact) mass is 429 g/mol. The topological polar surface area (TPSA) is 61.8 Å². The molecule has 2 aromatic carbocycles. The van der Waals surface area contributed by atoms with Gasteiger partial charge in [0.15, 0.2) is 0 Å². The van der Waals surface area contributed by atoms with Gasteiger partial charge in [-0.1, -0.05) is 48.0 Å². The third-order valence-electron chi connectivity index (χ3n) is 5.41. The minimum Gasteiger partial charge on any atom is -0.299 e. The fourth-order valence-corrected chi connectivity index (χ4v) is 5.56. The number of benzene rings is 2. The number of hydrogen-bond donors (Lipinski definition) is 1. The standard InChI is InChI=1S/C22H24ClN3O2S/c1-16-21(18-7-9-20(23)10-8-18)29(27,28)25-22(16)24-12-4-13-26-14-11-17-5-2-3-6-19(17)15-26/h2-3,5-10H,4,11-15H2,1H3,(H,24,25). The Hall–Kier alpha value is -2.15. The van der Waals surface area contributed by atoms with Crippen LogP contribution in [0.3, 0.4) is 0 Å². The van der Waals surface area contributed by atoms with Gasteiger partial charge in [-0.05, 0) is 48.6 Å². The zero-order valence-electron chi connectivity index (χ0n) is 16.4. The largest absolute Gasteiger partial charge is 0.299 e. The van der Waals surface area contributed by atoms with E-state index in [4.69, 9.17) is 11.6 Å². The van der Waals surface area contributed by atoms with Crippen LogP contribution in [0.15, 0.2) is 59.1 Å². The molecule has 2 aliphatic heterocycles. The fourth-order valence-electron chi connectivity index (χ4n) is 3.92. The third-order valence-corrected chi connectivity index (χ3v) is 7.21. The molecule has 0 unspecified atom stereocenters. The number of rotatable bonds is 5. The van der Waals surface area contributed by atoms with E-state index in [0.717, 1.165) is 32.5 Å². The maximum atomic E-state index is 12.6. The van der Waals surface area contributed by atoms with Gasteiger partial charge in [0.25, 0.3) is 10.0 Å². The molecule has 0 saturated carbocycles. The summed E-state index contributed by atoms with van der Waals surface area (Å²) in [6.45, 7) is 5.35. The minimum absolute atomic E-state index is 0.278. The van der Waals surface area contributed by atoms with Crippen LogP contribution in [0.25, 0.3) is 4.91 Å². The van der Waals surface area contributed by atoms with E-state index in [1.165, 1.54) is 11.1 Å². The number of nitrogens with one attached hydrogen (secondary N) is 1. The molecule has 0 saturated heterocycles. The number of aliphatic imine (C=N–C) groups is 1. The second-order valence-electron chi connectivity index (χ2n) is 7.45. The highest BCUT2D eigenvalue weighted by Gasteiger charge is 2.32. The Morgan fingerprint density at radius 2 is 1.83 bits per heavy atom. The second-order valence-corrected chi connectivity index (χ2v) is 9.50. The van der Waals surface area contributed by atoms with Gasteiger partial charge >= 0.3 is 0 Å². The quantitative estimate of drug-likeness (QED) is 0.734. The summed E-state index contributed by atoms with van der Waals surface area (Å²) in [5.74, 6) is 0.443. The molecule has 29 heavy (non-hydrogen) atoms. The van der Waals surface area contributed by atoms with Gasteiger partial charge in [0.05, 0.1) is 0 Å². The smallest absolute Gasteiger partial charge is 0.264 e. The van der Waals surface area contributed by atoms with Gasteiger partial charge in [-0.15, -0.1) is 0 Å². The SMILES string of the molecule is CC1=C(c2ccc(Cl)cc2)S(=O)(=O)NC1=NCCCN1CCc2ccccc2C1. The molecule has 152 valence electrons. The molecule has 0 aliphatic carbocycles. The summed E-state index contributed by atoms with van der Waals surface area (Å²) in [5, 5.41) is 0.574. The number of hydrogen-bond acceptors (Lipinski definition) is 4. The molecular formula is C22H24ClN3O2S. The first-order valence-electron chi connectivity index (χ1n) is 9.77. The summed E-state index contributed by atoms with van der Waals surface area (Å²) in [4.78, 5) is 7.25. The van der Waals surface area contributed by atoms with Gasteiger partial charge in [-0.25, -0.2) is 8.42 Å². The summed E-state index contributed by atoms with van der Waals surface area (Å²) in [5.41, 5.74) is 4.12. The van der Waals surface area contributed by atoms with Crippen LogP contribution in [-0.4, -0.2) is 38.8 Å². The van der Waals surface area contributed by atoms with E-state index in [1.807, 2.05) is 0 Å². The molecule has 4 rings (SSSR count). The first-order chi connectivity index (χ1) is 13.9. The van der Waals surface area contributed by atoms with Gasteiger partial charge in [-0.2, -0.15) is 0 Å². The van der Waals surface area contributed by atoms with Crippen molar-refractivity contribution < 1.29 is 8.42 Å². The number of nitrogens with zero attached hydrogens (tertiary/aromatic N) is 2. The van der Waals surface area contributed by atoms with Crippen LogP contribution in [0.1, 0.15) is 30.0 Å². The van der Waals surface area contributed by atoms with E-state index in [-0.39, 0.29) is 4.91 Å². The van der Waals surface area contributed by atoms with Crippen molar-refractivity contribution in [3.8, 4) is 0 Å². The van der Waals surface area contributed by atoms with Gasteiger partial charge < -0.3 is 0 Å². The molecule has 0 radical (unpaired) electrons. The lowest BCUT2D eigenvalue weighted by molar-refractivity contribution is 0.252. The Balaban J connectivity index is 1.40. The summed E-state index contributed by atoms with van der Waals surface area (Å²) in [6, 6.07) is 15.4.